The van der Waals surface area contributed by atoms with Crippen LogP contribution in [0, 0.1) is 0 Å². The molecule has 0 aromatic rings. The molecule has 10 heteroatoms. The maximum Gasteiger partial charge on any atom is 0.406 e. The molecule has 4 atom stereocenters. The molecule has 0 aliphatic heterocycles. The van der Waals surface area contributed by atoms with E-state index < -0.39 is 49.1 Å². The monoisotopic (exact) mass is 321 g/mol. The molecule has 0 aliphatic rings. The number of nitrogens with one attached hydrogen (secondary N) is 1. The molecule has 0 radical (unpaired) electrons. The summed E-state index contributed by atoms with van der Waals surface area (Å²) in [5, 5.41) is 21.9. The minimum Gasteiger partial charge on any atom is -0.457 e. The number of carbonyl (C=O) groups is 4. The first kappa shape index (κ1) is 19.8. The maximum absolute atomic E-state index is 11.0. The molecule has 3 N–H and O–H groups in total. The fourth-order valence-electron chi connectivity index (χ4n) is 1.45. The summed E-state index contributed by atoms with van der Waals surface area (Å²) in [6.45, 7) is 1.39. The number of amides is 1. The van der Waals surface area contributed by atoms with E-state index in [0.717, 1.165) is 13.8 Å². The van der Waals surface area contributed by atoms with Gasteiger partial charge in [-0.1, -0.05) is 0 Å². The molecule has 22 heavy (non-hydrogen) atoms. The van der Waals surface area contributed by atoms with Gasteiger partial charge in [0.15, 0.2) is 18.5 Å². The molecule has 10 nitrogen and oxygen atoms in total. The number of aldehydes is 1. The number of hydrogen-bond donors (Lipinski definition) is 3. The van der Waals surface area contributed by atoms with Crippen LogP contribution in [-0.2, 0) is 28.6 Å². The number of aliphatic hydroxyl groups excluding tert-OH is 2. The van der Waals surface area contributed by atoms with Crippen LogP contribution >= 0.6 is 0 Å². The first-order valence-electron chi connectivity index (χ1n) is 6.23. The van der Waals surface area contributed by atoms with Crippen LogP contribution in [0.25, 0.3) is 0 Å². The normalized spacial score (nSPS) is 15.7. The molecule has 0 aliphatic carbocycles. The van der Waals surface area contributed by atoms with E-state index in [2.05, 4.69) is 14.8 Å². The van der Waals surface area contributed by atoms with Gasteiger partial charge in [-0.2, -0.15) is 0 Å². The predicted molar refractivity (Wildman–Crippen MR) is 69.6 cm³/mol. The highest BCUT2D eigenvalue weighted by Crippen LogP contribution is 2.12. The van der Waals surface area contributed by atoms with Gasteiger partial charge in [0.25, 0.3) is 0 Å². The van der Waals surface area contributed by atoms with E-state index in [1.807, 2.05) is 0 Å². The lowest BCUT2D eigenvalue weighted by atomic mass is 10.0. The summed E-state index contributed by atoms with van der Waals surface area (Å²) in [4.78, 5) is 43.7. The van der Waals surface area contributed by atoms with Crippen molar-refractivity contribution in [2.75, 3.05) is 13.7 Å². The third kappa shape index (κ3) is 6.99. The molecule has 0 spiro atoms. The first-order chi connectivity index (χ1) is 10.2. The van der Waals surface area contributed by atoms with E-state index in [4.69, 9.17) is 4.74 Å². The van der Waals surface area contributed by atoms with Crippen LogP contribution in [0.1, 0.15) is 13.8 Å². The highest BCUT2D eigenvalue weighted by atomic mass is 16.6. The van der Waals surface area contributed by atoms with Gasteiger partial charge in [0.05, 0.1) is 0 Å². The van der Waals surface area contributed by atoms with Crippen molar-refractivity contribution >= 4 is 24.3 Å². The van der Waals surface area contributed by atoms with E-state index in [-0.39, 0.29) is 6.29 Å². The second-order valence-electron chi connectivity index (χ2n) is 4.19. The molecule has 0 rings (SSSR count). The van der Waals surface area contributed by atoms with Crippen molar-refractivity contribution in [1.29, 1.82) is 0 Å². The van der Waals surface area contributed by atoms with Crippen LogP contribution in [0.3, 0.4) is 0 Å². The largest absolute Gasteiger partial charge is 0.457 e. The van der Waals surface area contributed by atoms with Gasteiger partial charge in [-0.15, -0.1) is 0 Å². The predicted octanol–water partition coefficient (Wildman–Crippen LogP) is -1.87. The molecule has 0 saturated carbocycles. The van der Waals surface area contributed by atoms with Crippen molar-refractivity contribution in [3.63, 3.8) is 0 Å². The van der Waals surface area contributed by atoms with Gasteiger partial charge in [0.1, 0.15) is 18.8 Å². The first-order valence-corrected chi connectivity index (χ1v) is 6.23. The average molecular weight is 321 g/mol. The fourth-order valence-corrected chi connectivity index (χ4v) is 1.45. The molecular formula is C12H19NO9. The molecule has 0 heterocycles. The number of hydrogen-bond acceptors (Lipinski definition) is 9. The second kappa shape index (κ2) is 9.68. The van der Waals surface area contributed by atoms with E-state index in [1.165, 1.54) is 7.05 Å². The van der Waals surface area contributed by atoms with Crippen LogP contribution in [0.2, 0.25) is 0 Å². The zero-order valence-corrected chi connectivity index (χ0v) is 12.3. The van der Waals surface area contributed by atoms with Crippen molar-refractivity contribution < 1.29 is 43.6 Å². The number of esters is 2. The smallest absolute Gasteiger partial charge is 0.406 e. The standard InChI is InChI=1S/C12H19NO9/c1-6(15)21-9(4-14)10(18)11(22-7(2)16)8(17)5-20-12(19)13-3/h4,8-11,17-18H,5H2,1-3H3,(H,13,19). The van der Waals surface area contributed by atoms with Gasteiger partial charge in [-0.25, -0.2) is 4.79 Å². The van der Waals surface area contributed by atoms with Crippen molar-refractivity contribution in [3.05, 3.63) is 0 Å². The van der Waals surface area contributed by atoms with Gasteiger partial charge < -0.3 is 29.7 Å². The van der Waals surface area contributed by atoms with Crippen LogP contribution in [0.4, 0.5) is 4.79 Å². The summed E-state index contributed by atoms with van der Waals surface area (Å²) >= 11 is 0. The zero-order chi connectivity index (χ0) is 17.3. The Bertz CT molecular complexity index is 411. The molecule has 0 saturated heterocycles. The summed E-state index contributed by atoms with van der Waals surface area (Å²) in [6.07, 6.45) is -7.52. The minimum atomic E-state index is -1.84. The Morgan fingerprint density at radius 2 is 1.68 bits per heavy atom. The van der Waals surface area contributed by atoms with Crippen LogP contribution < -0.4 is 5.32 Å². The van der Waals surface area contributed by atoms with Crippen molar-refractivity contribution in [2.24, 2.45) is 0 Å². The Hall–Kier alpha value is -2.20. The SMILES string of the molecule is CNC(=O)OCC(O)C(OC(C)=O)C(O)C(C=O)OC(C)=O. The molecular weight excluding hydrogens is 302 g/mol. The summed E-state index contributed by atoms with van der Waals surface area (Å²) in [6, 6.07) is 0. The van der Waals surface area contributed by atoms with E-state index in [1.54, 1.807) is 0 Å². The third-order valence-electron chi connectivity index (χ3n) is 2.38. The lowest BCUT2D eigenvalue weighted by Crippen LogP contribution is -2.50. The molecule has 1 amide bonds. The van der Waals surface area contributed by atoms with Crippen molar-refractivity contribution in [3.8, 4) is 0 Å². The zero-order valence-electron chi connectivity index (χ0n) is 12.3. The summed E-state index contributed by atoms with van der Waals surface area (Å²) < 4.78 is 13.8. The lowest BCUT2D eigenvalue weighted by Gasteiger charge is -2.29. The highest BCUT2D eigenvalue weighted by molar-refractivity contribution is 5.70. The fraction of sp³-hybridized carbons (Fsp3) is 0.667. The van der Waals surface area contributed by atoms with Crippen molar-refractivity contribution in [1.82, 2.24) is 5.32 Å². The maximum atomic E-state index is 11.0. The van der Waals surface area contributed by atoms with E-state index >= 15 is 0 Å². The summed E-state index contributed by atoms with van der Waals surface area (Å²) in [5.74, 6) is -1.72. The lowest BCUT2D eigenvalue weighted by molar-refractivity contribution is -0.180. The van der Waals surface area contributed by atoms with Gasteiger partial charge >= 0.3 is 18.0 Å². The number of rotatable bonds is 8. The number of ether oxygens (including phenoxy) is 3. The highest BCUT2D eigenvalue weighted by Gasteiger charge is 2.37. The Balaban J connectivity index is 4.99. The van der Waals surface area contributed by atoms with Gasteiger partial charge in [0, 0.05) is 20.9 Å². The third-order valence-corrected chi connectivity index (χ3v) is 2.38. The second-order valence-corrected chi connectivity index (χ2v) is 4.19. The number of carbonyl (C=O) groups excluding carboxylic acids is 4. The van der Waals surface area contributed by atoms with Gasteiger partial charge in [-0.05, 0) is 0 Å². The molecule has 126 valence electrons. The summed E-state index contributed by atoms with van der Waals surface area (Å²) in [7, 11) is 1.29. The van der Waals surface area contributed by atoms with Gasteiger partial charge in [-0.3, -0.25) is 14.4 Å². The quantitative estimate of drug-likeness (QED) is 0.265. The van der Waals surface area contributed by atoms with E-state index in [0.29, 0.717) is 0 Å². The van der Waals surface area contributed by atoms with Crippen molar-refractivity contribution in [2.45, 2.75) is 38.3 Å². The number of aliphatic hydroxyl groups is 2. The molecule has 0 fully saturated rings. The summed E-state index contributed by atoms with van der Waals surface area (Å²) in [5.41, 5.74) is 0. The Morgan fingerprint density at radius 1 is 1.14 bits per heavy atom. The van der Waals surface area contributed by atoms with Crippen LogP contribution in [0.15, 0.2) is 0 Å². The number of alkyl carbamates (subject to hydrolysis) is 1. The molecule has 0 bridgehead atoms. The molecule has 4 unspecified atom stereocenters. The molecule has 0 aromatic heterocycles. The van der Waals surface area contributed by atoms with Crippen LogP contribution in [-0.4, -0.2) is 72.6 Å². The Kier molecular flexibility index (Phi) is 8.72. The Morgan fingerprint density at radius 3 is 2.09 bits per heavy atom. The molecule has 0 aromatic carbocycles. The minimum absolute atomic E-state index is 0.120. The topological polar surface area (TPSA) is 148 Å². The van der Waals surface area contributed by atoms with Gasteiger partial charge in [0.2, 0.25) is 0 Å². The van der Waals surface area contributed by atoms with Crippen LogP contribution in [0.5, 0.6) is 0 Å². The van der Waals surface area contributed by atoms with E-state index in [9.17, 15) is 29.4 Å². The average Bonchev–Trinajstić information content (AvgIpc) is 2.46. The Labute approximate surface area is 126 Å².